The molecule has 110 valence electrons. The van der Waals surface area contributed by atoms with Crippen LogP contribution in [0.3, 0.4) is 0 Å². The Morgan fingerprint density at radius 2 is 1.86 bits per heavy atom. The van der Waals surface area contributed by atoms with E-state index < -0.39 is 0 Å². The van der Waals surface area contributed by atoms with Gasteiger partial charge in [0, 0.05) is 13.1 Å². The molecule has 2 aromatic carbocycles. The van der Waals surface area contributed by atoms with Crippen LogP contribution in [0.1, 0.15) is 38.2 Å². The number of nitrogens with zero attached hydrogens (tertiary/aromatic N) is 1. The lowest BCUT2D eigenvalue weighted by Crippen LogP contribution is -2.29. The Morgan fingerprint density at radius 1 is 1.00 bits per heavy atom. The van der Waals surface area contributed by atoms with E-state index in [0.29, 0.717) is 0 Å². The minimum atomic E-state index is 1.11. The normalized spacial score (nSPS) is 16.1. The minimum absolute atomic E-state index is 1.11. The molecule has 3 rings (SSSR count). The van der Waals surface area contributed by atoms with Gasteiger partial charge >= 0.3 is 0 Å². The van der Waals surface area contributed by atoms with Gasteiger partial charge in [0.05, 0.1) is 0 Å². The van der Waals surface area contributed by atoms with Crippen molar-refractivity contribution >= 4 is 16.3 Å². The number of rotatable bonds is 5. The molecule has 1 aliphatic heterocycles. The topological polar surface area (TPSA) is 3.24 Å². The van der Waals surface area contributed by atoms with Crippen molar-refractivity contribution in [2.24, 2.45) is 0 Å². The molecule has 0 saturated heterocycles. The molecule has 1 aliphatic rings. The van der Waals surface area contributed by atoms with E-state index in [0.717, 1.165) is 6.54 Å². The minimum Gasteiger partial charge on any atom is -0.299 e. The Bertz CT molecular complexity index is 621. The molecule has 0 amide bonds. The van der Waals surface area contributed by atoms with Crippen molar-refractivity contribution in [2.45, 2.75) is 32.6 Å². The van der Waals surface area contributed by atoms with Gasteiger partial charge in [-0.05, 0) is 41.3 Å². The largest absolute Gasteiger partial charge is 0.299 e. The van der Waals surface area contributed by atoms with Crippen molar-refractivity contribution in [3.05, 3.63) is 54.1 Å². The molecule has 1 heterocycles. The van der Waals surface area contributed by atoms with Crippen LogP contribution < -0.4 is 0 Å². The molecule has 1 nitrogen and oxygen atoms in total. The fourth-order valence-corrected chi connectivity index (χ4v) is 3.25. The van der Waals surface area contributed by atoms with Crippen LogP contribution in [0.4, 0.5) is 0 Å². The summed E-state index contributed by atoms with van der Waals surface area (Å²) in [5, 5.41) is 2.74. The first kappa shape index (κ1) is 14.3. The zero-order valence-corrected chi connectivity index (χ0v) is 13.0. The Kier molecular flexibility index (Phi) is 4.72. The van der Waals surface area contributed by atoms with Crippen LogP contribution in [0.25, 0.3) is 16.3 Å². The fraction of sp³-hybridized carbons (Fsp3) is 0.400. The lowest BCUT2D eigenvalue weighted by atomic mass is 9.94. The lowest BCUT2D eigenvalue weighted by molar-refractivity contribution is 0.295. The fourth-order valence-electron chi connectivity index (χ4n) is 3.25. The summed E-state index contributed by atoms with van der Waals surface area (Å²) in [7, 11) is 0. The second-order valence-corrected chi connectivity index (χ2v) is 6.01. The summed E-state index contributed by atoms with van der Waals surface area (Å²) in [6.07, 6.45) is 7.63. The molecular formula is C20H25N. The van der Waals surface area contributed by atoms with Crippen LogP contribution in [-0.4, -0.2) is 24.5 Å². The average Bonchev–Trinajstić information content (AvgIpc) is 2.55. The van der Waals surface area contributed by atoms with Crippen molar-refractivity contribution < 1.29 is 0 Å². The van der Waals surface area contributed by atoms with Crippen LogP contribution in [0.5, 0.6) is 0 Å². The lowest BCUT2D eigenvalue weighted by Gasteiger charge is -2.26. The number of fused-ring (bicyclic) bond motifs is 1. The van der Waals surface area contributed by atoms with Crippen molar-refractivity contribution in [3.63, 3.8) is 0 Å². The highest BCUT2D eigenvalue weighted by Crippen LogP contribution is 2.29. The molecule has 0 aliphatic carbocycles. The first-order chi connectivity index (χ1) is 10.4. The Hall–Kier alpha value is -1.60. The highest BCUT2D eigenvalue weighted by molar-refractivity contribution is 5.94. The molecule has 0 aromatic heterocycles. The predicted octanol–water partition coefficient (Wildman–Crippen LogP) is 5.12. The number of hydrogen-bond donors (Lipinski definition) is 0. The smallest absolute Gasteiger partial charge is 0.0169 e. The number of benzene rings is 2. The molecule has 0 saturated carbocycles. The maximum absolute atomic E-state index is 2.59. The van der Waals surface area contributed by atoms with E-state index in [4.69, 9.17) is 0 Å². The van der Waals surface area contributed by atoms with E-state index in [9.17, 15) is 0 Å². The molecule has 0 unspecified atom stereocenters. The van der Waals surface area contributed by atoms with Crippen molar-refractivity contribution in [3.8, 4) is 0 Å². The van der Waals surface area contributed by atoms with Crippen LogP contribution in [0.2, 0.25) is 0 Å². The summed E-state index contributed by atoms with van der Waals surface area (Å²) in [6.45, 7) is 5.85. The zero-order valence-electron chi connectivity index (χ0n) is 13.0. The molecule has 0 atom stereocenters. The van der Waals surface area contributed by atoms with Crippen LogP contribution in [0.15, 0.2) is 48.5 Å². The SMILES string of the molecule is CCCCCN1CC=C(c2cccc3ccccc23)CC1. The highest BCUT2D eigenvalue weighted by atomic mass is 15.1. The van der Waals surface area contributed by atoms with Gasteiger partial charge in [-0.25, -0.2) is 0 Å². The Balaban J connectivity index is 1.75. The first-order valence-corrected chi connectivity index (χ1v) is 8.28. The second kappa shape index (κ2) is 6.91. The third-order valence-electron chi connectivity index (χ3n) is 4.51. The Labute approximate surface area is 128 Å². The van der Waals surface area contributed by atoms with Crippen LogP contribution in [-0.2, 0) is 0 Å². The third kappa shape index (κ3) is 3.36. The van der Waals surface area contributed by atoms with Gasteiger partial charge < -0.3 is 0 Å². The summed E-state index contributed by atoms with van der Waals surface area (Å²) < 4.78 is 0. The summed E-state index contributed by atoms with van der Waals surface area (Å²) >= 11 is 0. The van der Waals surface area contributed by atoms with Gasteiger partial charge in [0.15, 0.2) is 0 Å². The summed E-state index contributed by atoms with van der Waals surface area (Å²) in [5.41, 5.74) is 2.96. The van der Waals surface area contributed by atoms with Crippen molar-refractivity contribution in [1.82, 2.24) is 4.90 Å². The molecule has 0 spiro atoms. The van der Waals surface area contributed by atoms with E-state index in [2.05, 4.69) is 60.4 Å². The predicted molar refractivity (Wildman–Crippen MR) is 92.5 cm³/mol. The number of hydrogen-bond acceptors (Lipinski definition) is 1. The van der Waals surface area contributed by atoms with Gasteiger partial charge in [-0.3, -0.25) is 4.90 Å². The molecule has 21 heavy (non-hydrogen) atoms. The quantitative estimate of drug-likeness (QED) is 0.687. The number of unbranched alkanes of at least 4 members (excludes halogenated alkanes) is 2. The molecule has 0 bridgehead atoms. The van der Waals surface area contributed by atoms with E-state index in [1.807, 2.05) is 0 Å². The standard InChI is InChI=1S/C20H25N/c1-2-3-6-14-21-15-12-18(13-16-21)20-11-7-9-17-8-4-5-10-19(17)20/h4-5,7-12H,2-3,6,13-16H2,1H3. The van der Waals surface area contributed by atoms with Crippen LogP contribution >= 0.6 is 0 Å². The van der Waals surface area contributed by atoms with Gasteiger partial charge in [-0.1, -0.05) is 68.3 Å². The molecule has 0 fully saturated rings. The van der Waals surface area contributed by atoms with Crippen molar-refractivity contribution in [2.75, 3.05) is 19.6 Å². The summed E-state index contributed by atoms with van der Waals surface area (Å²) in [4.78, 5) is 2.59. The maximum Gasteiger partial charge on any atom is 0.0169 e. The van der Waals surface area contributed by atoms with Crippen LogP contribution in [0, 0.1) is 0 Å². The molecule has 1 heteroatoms. The maximum atomic E-state index is 2.59. The van der Waals surface area contributed by atoms with E-state index in [-0.39, 0.29) is 0 Å². The average molecular weight is 279 g/mol. The summed E-state index contributed by atoms with van der Waals surface area (Å²) in [5.74, 6) is 0. The van der Waals surface area contributed by atoms with E-state index in [1.165, 1.54) is 60.7 Å². The van der Waals surface area contributed by atoms with Gasteiger partial charge in [0.1, 0.15) is 0 Å². The van der Waals surface area contributed by atoms with E-state index >= 15 is 0 Å². The molecule has 2 aromatic rings. The Morgan fingerprint density at radius 3 is 2.67 bits per heavy atom. The van der Waals surface area contributed by atoms with E-state index in [1.54, 1.807) is 0 Å². The molecule has 0 radical (unpaired) electrons. The highest BCUT2D eigenvalue weighted by Gasteiger charge is 2.13. The zero-order chi connectivity index (χ0) is 14.5. The monoisotopic (exact) mass is 279 g/mol. The summed E-state index contributed by atoms with van der Waals surface area (Å²) in [6, 6.07) is 15.4. The first-order valence-electron chi connectivity index (χ1n) is 8.28. The van der Waals surface area contributed by atoms with Crippen molar-refractivity contribution in [1.29, 1.82) is 0 Å². The molecule has 0 N–H and O–H groups in total. The van der Waals surface area contributed by atoms with Gasteiger partial charge in [-0.2, -0.15) is 0 Å². The van der Waals surface area contributed by atoms with Gasteiger partial charge in [-0.15, -0.1) is 0 Å². The molecular weight excluding hydrogens is 254 g/mol. The van der Waals surface area contributed by atoms with Gasteiger partial charge in [0.2, 0.25) is 0 Å². The van der Waals surface area contributed by atoms with Gasteiger partial charge in [0.25, 0.3) is 0 Å². The third-order valence-corrected chi connectivity index (χ3v) is 4.51. The second-order valence-electron chi connectivity index (χ2n) is 6.01.